The van der Waals surface area contributed by atoms with Gasteiger partial charge in [-0.05, 0) is 51.8 Å². The van der Waals surface area contributed by atoms with E-state index in [1.807, 2.05) is 0 Å². The van der Waals surface area contributed by atoms with E-state index in [0.29, 0.717) is 6.04 Å². The molecule has 1 unspecified atom stereocenters. The van der Waals surface area contributed by atoms with E-state index in [1.54, 1.807) is 0 Å². The lowest BCUT2D eigenvalue weighted by Gasteiger charge is -2.28. The highest BCUT2D eigenvalue weighted by Crippen LogP contribution is 2.29. The fourth-order valence-electron chi connectivity index (χ4n) is 2.94. The molecule has 1 aliphatic rings. The summed E-state index contributed by atoms with van der Waals surface area (Å²) in [6, 6.07) is 7.15. The first-order valence-electron chi connectivity index (χ1n) is 6.64. The standard InChI is InChI=1S/C15H23NO/c1-12-9-13(2)11-14(10-12)15(5-8-17)16-6-3-4-7-16/h9-11,15,17H,3-8H2,1-2H3. The molecule has 2 rings (SSSR count). The van der Waals surface area contributed by atoms with Crippen molar-refractivity contribution >= 4 is 0 Å². The molecular formula is C15H23NO. The molecule has 94 valence electrons. The zero-order valence-corrected chi connectivity index (χ0v) is 10.9. The van der Waals surface area contributed by atoms with Crippen LogP contribution in [0.5, 0.6) is 0 Å². The molecule has 1 fully saturated rings. The third-order valence-electron chi connectivity index (χ3n) is 3.61. The summed E-state index contributed by atoms with van der Waals surface area (Å²) in [5, 5.41) is 9.27. The fourth-order valence-corrected chi connectivity index (χ4v) is 2.94. The number of aryl methyl sites for hydroxylation is 2. The SMILES string of the molecule is Cc1cc(C)cc(C(CCO)N2CCCC2)c1. The van der Waals surface area contributed by atoms with Gasteiger partial charge in [0.25, 0.3) is 0 Å². The van der Waals surface area contributed by atoms with E-state index in [1.165, 1.54) is 42.6 Å². The first-order valence-corrected chi connectivity index (χ1v) is 6.64. The van der Waals surface area contributed by atoms with Crippen LogP contribution in [0.3, 0.4) is 0 Å². The van der Waals surface area contributed by atoms with Gasteiger partial charge in [-0.2, -0.15) is 0 Å². The quantitative estimate of drug-likeness (QED) is 0.864. The minimum absolute atomic E-state index is 0.272. The maximum Gasteiger partial charge on any atom is 0.0449 e. The Bertz CT molecular complexity index is 349. The Morgan fingerprint density at radius 3 is 2.24 bits per heavy atom. The summed E-state index contributed by atoms with van der Waals surface area (Å²) in [6.45, 7) is 6.93. The van der Waals surface area contributed by atoms with Crippen LogP contribution in [-0.2, 0) is 0 Å². The Morgan fingerprint density at radius 2 is 1.71 bits per heavy atom. The summed E-state index contributed by atoms with van der Waals surface area (Å²) < 4.78 is 0. The van der Waals surface area contributed by atoms with Crippen molar-refractivity contribution in [2.45, 2.75) is 39.2 Å². The van der Waals surface area contributed by atoms with Gasteiger partial charge in [-0.3, -0.25) is 4.90 Å². The van der Waals surface area contributed by atoms with E-state index >= 15 is 0 Å². The molecule has 1 aromatic carbocycles. The summed E-state index contributed by atoms with van der Waals surface area (Å²) in [5.74, 6) is 0. The van der Waals surface area contributed by atoms with Crippen LogP contribution in [0.25, 0.3) is 0 Å². The molecule has 0 saturated carbocycles. The molecule has 1 heterocycles. The molecule has 0 amide bonds. The second-order valence-electron chi connectivity index (χ2n) is 5.19. The molecular weight excluding hydrogens is 210 g/mol. The Kier molecular flexibility index (Phi) is 4.19. The zero-order valence-electron chi connectivity index (χ0n) is 10.9. The normalized spacial score (nSPS) is 18.5. The zero-order chi connectivity index (χ0) is 12.3. The van der Waals surface area contributed by atoms with E-state index in [2.05, 4.69) is 36.9 Å². The number of aliphatic hydroxyl groups excluding tert-OH is 1. The molecule has 0 bridgehead atoms. The lowest BCUT2D eigenvalue weighted by atomic mass is 9.98. The van der Waals surface area contributed by atoms with E-state index in [-0.39, 0.29) is 6.61 Å². The average Bonchev–Trinajstić information content (AvgIpc) is 2.77. The minimum Gasteiger partial charge on any atom is -0.396 e. The number of nitrogens with zero attached hydrogens (tertiary/aromatic N) is 1. The maximum atomic E-state index is 9.27. The predicted octanol–water partition coefficient (Wildman–Crippen LogP) is 2.82. The van der Waals surface area contributed by atoms with Gasteiger partial charge in [0.2, 0.25) is 0 Å². The molecule has 2 nitrogen and oxygen atoms in total. The maximum absolute atomic E-state index is 9.27. The van der Waals surface area contributed by atoms with E-state index in [4.69, 9.17) is 0 Å². The summed E-state index contributed by atoms with van der Waals surface area (Å²) in [5.41, 5.74) is 4.02. The fraction of sp³-hybridized carbons (Fsp3) is 0.600. The Balaban J connectivity index is 2.24. The molecule has 0 aliphatic carbocycles. The lowest BCUT2D eigenvalue weighted by molar-refractivity contribution is 0.185. The number of likely N-dealkylation sites (tertiary alicyclic amines) is 1. The Morgan fingerprint density at radius 1 is 1.12 bits per heavy atom. The highest BCUT2D eigenvalue weighted by molar-refractivity contribution is 5.30. The smallest absolute Gasteiger partial charge is 0.0449 e. The van der Waals surface area contributed by atoms with Crippen molar-refractivity contribution in [2.75, 3.05) is 19.7 Å². The van der Waals surface area contributed by atoms with Gasteiger partial charge < -0.3 is 5.11 Å². The highest BCUT2D eigenvalue weighted by atomic mass is 16.3. The van der Waals surface area contributed by atoms with E-state index < -0.39 is 0 Å². The van der Waals surface area contributed by atoms with Gasteiger partial charge in [0, 0.05) is 12.6 Å². The number of hydrogen-bond donors (Lipinski definition) is 1. The molecule has 0 spiro atoms. The van der Waals surface area contributed by atoms with Gasteiger partial charge in [-0.25, -0.2) is 0 Å². The second-order valence-corrected chi connectivity index (χ2v) is 5.19. The number of benzene rings is 1. The monoisotopic (exact) mass is 233 g/mol. The molecule has 17 heavy (non-hydrogen) atoms. The van der Waals surface area contributed by atoms with E-state index in [0.717, 1.165) is 6.42 Å². The molecule has 0 aromatic heterocycles. The third-order valence-corrected chi connectivity index (χ3v) is 3.61. The first-order chi connectivity index (χ1) is 8.20. The number of aliphatic hydroxyl groups is 1. The van der Waals surface area contributed by atoms with Crippen molar-refractivity contribution < 1.29 is 5.11 Å². The summed E-state index contributed by atoms with van der Waals surface area (Å²) in [4.78, 5) is 2.52. The van der Waals surface area contributed by atoms with Crippen molar-refractivity contribution in [1.29, 1.82) is 0 Å². The molecule has 1 saturated heterocycles. The van der Waals surface area contributed by atoms with Crippen molar-refractivity contribution in [1.82, 2.24) is 4.90 Å². The van der Waals surface area contributed by atoms with Gasteiger partial charge in [-0.1, -0.05) is 29.3 Å². The van der Waals surface area contributed by atoms with Gasteiger partial charge in [0.05, 0.1) is 0 Å². The van der Waals surface area contributed by atoms with Crippen LogP contribution in [0.1, 0.15) is 42.0 Å². The van der Waals surface area contributed by atoms with Crippen LogP contribution in [0.4, 0.5) is 0 Å². The van der Waals surface area contributed by atoms with Crippen molar-refractivity contribution in [3.05, 3.63) is 34.9 Å². The first kappa shape index (κ1) is 12.6. The van der Waals surface area contributed by atoms with Crippen LogP contribution < -0.4 is 0 Å². The predicted molar refractivity (Wildman–Crippen MR) is 71.2 cm³/mol. The molecule has 1 aromatic rings. The Labute approximate surface area is 104 Å². The largest absolute Gasteiger partial charge is 0.396 e. The van der Waals surface area contributed by atoms with Crippen molar-refractivity contribution in [3.8, 4) is 0 Å². The molecule has 1 N–H and O–H groups in total. The van der Waals surface area contributed by atoms with Gasteiger partial charge >= 0.3 is 0 Å². The number of rotatable bonds is 4. The highest BCUT2D eigenvalue weighted by Gasteiger charge is 2.23. The molecule has 2 heteroatoms. The molecule has 1 atom stereocenters. The van der Waals surface area contributed by atoms with Gasteiger partial charge in [0.1, 0.15) is 0 Å². The molecule has 1 aliphatic heterocycles. The topological polar surface area (TPSA) is 23.5 Å². The average molecular weight is 233 g/mol. The summed E-state index contributed by atoms with van der Waals surface area (Å²) in [6.07, 6.45) is 3.45. The third kappa shape index (κ3) is 3.08. The van der Waals surface area contributed by atoms with Crippen LogP contribution in [-0.4, -0.2) is 29.7 Å². The minimum atomic E-state index is 0.272. The lowest BCUT2D eigenvalue weighted by Crippen LogP contribution is -2.26. The van der Waals surface area contributed by atoms with Gasteiger partial charge in [-0.15, -0.1) is 0 Å². The van der Waals surface area contributed by atoms with Crippen LogP contribution in [0, 0.1) is 13.8 Å². The Hall–Kier alpha value is -0.860. The van der Waals surface area contributed by atoms with Crippen LogP contribution >= 0.6 is 0 Å². The summed E-state index contributed by atoms with van der Waals surface area (Å²) in [7, 11) is 0. The number of hydrogen-bond acceptors (Lipinski definition) is 2. The van der Waals surface area contributed by atoms with Crippen molar-refractivity contribution in [3.63, 3.8) is 0 Å². The van der Waals surface area contributed by atoms with Crippen LogP contribution in [0.2, 0.25) is 0 Å². The van der Waals surface area contributed by atoms with Crippen molar-refractivity contribution in [2.24, 2.45) is 0 Å². The van der Waals surface area contributed by atoms with Crippen LogP contribution in [0.15, 0.2) is 18.2 Å². The van der Waals surface area contributed by atoms with E-state index in [9.17, 15) is 5.11 Å². The second kappa shape index (κ2) is 5.65. The summed E-state index contributed by atoms with van der Waals surface area (Å²) >= 11 is 0. The molecule has 0 radical (unpaired) electrons. The van der Waals surface area contributed by atoms with Gasteiger partial charge in [0.15, 0.2) is 0 Å².